The third-order valence-electron chi connectivity index (χ3n) is 30.9. The average Bonchev–Trinajstić information content (AvgIpc) is 1.40. The number of hydrogen-bond donors (Lipinski definition) is 0. The van der Waals surface area contributed by atoms with Crippen molar-refractivity contribution in [3.63, 3.8) is 0 Å². The van der Waals surface area contributed by atoms with E-state index in [4.69, 9.17) is 0 Å². The highest BCUT2D eigenvalue weighted by molar-refractivity contribution is 6.33. The summed E-state index contributed by atoms with van der Waals surface area (Å²) in [5, 5.41) is 41.1. The van der Waals surface area contributed by atoms with E-state index in [9.17, 15) is 0 Å². The Morgan fingerprint density at radius 1 is 0.144 bits per heavy atom. The summed E-state index contributed by atoms with van der Waals surface area (Å²) in [5.74, 6) is 0. The van der Waals surface area contributed by atoms with Gasteiger partial charge >= 0.3 is 0 Å². The van der Waals surface area contributed by atoms with Gasteiger partial charge in [-0.2, -0.15) is 0 Å². The largest absolute Gasteiger partial charge is 0.309 e. The molecule has 0 spiro atoms. The molecule has 8 nitrogen and oxygen atoms in total. The fourth-order valence-corrected chi connectivity index (χ4v) is 24.6. The molecular weight excluding hydrogens is 1770 g/mol. The smallest absolute Gasteiger partial charge is 0.0708 e. The Balaban J connectivity index is 0.0000000904. The number of nitrogens with zero attached hydrogens (tertiary/aromatic N) is 8. The zero-order valence-electron chi connectivity index (χ0n) is 79.1. The van der Waals surface area contributed by atoms with Crippen LogP contribution in [-0.2, 0) is 0 Å². The van der Waals surface area contributed by atoms with Gasteiger partial charge in [0.25, 0.3) is 0 Å². The van der Waals surface area contributed by atoms with Gasteiger partial charge in [-0.25, -0.2) is 0 Å². The second kappa shape index (κ2) is 33.1. The quantitative estimate of drug-likeness (QED) is 0.135. The van der Waals surface area contributed by atoms with Crippen molar-refractivity contribution >= 4 is 216 Å². The predicted octanol–water partition coefficient (Wildman–Crippen LogP) is 36.6. The Hall–Kier alpha value is -19.5. The van der Waals surface area contributed by atoms with Gasteiger partial charge in [0.2, 0.25) is 0 Å². The van der Waals surface area contributed by atoms with Gasteiger partial charge in [-0.3, -0.25) is 19.9 Å². The Morgan fingerprint density at radius 3 is 0.760 bits per heavy atom. The molecule has 8 aromatic heterocycles. The molecule has 0 fully saturated rings. The molecule has 8 heteroatoms. The standard InChI is InChI=1S/C39H24N2.3C33H20N2/c1-2-8-28(9-3-1)41-36-12-5-4-10-31(36)32-20-17-27(24-37(32)41)29-18-13-25-16-22-34-30(35-11-6-7-23-40-35)19-14-26-15-21-33(29)38(25)39(26)34;1-3-10-29-24(7-1)25-8-2-4-11-30(25)35(29)31-19-15-22-13-17-26-23(28-9-5-6-20-34-28)16-12-21-14-18-27(31)33(22)32(21)26;1-3-9-29-25(7-1)26-8-2-4-10-30(26)35(29)31-18-14-22-12-16-27-24(23-6-5-19-34-20-23)15-11-21-13-17-28(31)33(22)32(21)27;1-3-7-29-25(5-1)26-6-2-4-8-30(26)35(29)31-16-12-23-10-14-27-24(21-17-19-34-20-18-21)13-9-22-11-15-28(31)33(23)32(22)27/h1-24H;3*1-20H. The molecule has 0 amide bonds. The van der Waals surface area contributed by atoms with E-state index in [1.165, 1.54) is 278 Å². The van der Waals surface area contributed by atoms with Crippen LogP contribution in [0, 0.1) is 0 Å². The molecule has 146 heavy (non-hydrogen) atoms. The fourth-order valence-electron chi connectivity index (χ4n) is 24.6. The number of hydrogen-bond acceptors (Lipinski definition) is 4. The summed E-state index contributed by atoms with van der Waals surface area (Å²) in [4.78, 5) is 17.9. The molecule has 0 saturated carbocycles. The fraction of sp³-hybridized carbons (Fsp3) is 0. The van der Waals surface area contributed by atoms with Crippen molar-refractivity contribution in [1.82, 2.24) is 38.2 Å². The lowest BCUT2D eigenvalue weighted by Crippen LogP contribution is -1.96. The molecular formula is C138H84N8. The van der Waals surface area contributed by atoms with Crippen molar-refractivity contribution in [2.45, 2.75) is 0 Å². The number of fused-ring (bicyclic) bond motifs is 12. The van der Waals surface area contributed by atoms with Gasteiger partial charge < -0.3 is 18.3 Å². The normalized spacial score (nSPS) is 12.0. The SMILES string of the molecule is c1ccc(-c2ccc3ccc4c(-n5c6ccccc6c6ccccc65)ccc5ccc2c3c54)nc1.c1ccc(-n2c3ccccc3c3ccc(-c4ccc5ccc6c(-c7ccccn7)ccc7ccc4c5c76)cc32)cc1.c1ccc2c(c1)c1ccccc1n2-c1ccc2ccc3c(-c4ccncc4)ccc4ccc1c2c43.c1cncc(-c2ccc3ccc4c(-n5c6ccccc6c6ccccc65)ccc5ccc2c3c54)c1. The molecule has 0 aliphatic rings. The van der Waals surface area contributed by atoms with Crippen LogP contribution in [-0.4, -0.2) is 38.2 Å². The van der Waals surface area contributed by atoms with Gasteiger partial charge in [0.05, 0.1) is 72.6 Å². The topological polar surface area (TPSA) is 71.3 Å². The Kier molecular flexibility index (Phi) is 18.6. The molecule has 25 aromatic carbocycles. The molecule has 0 atom stereocenters. The highest BCUT2D eigenvalue weighted by atomic mass is 15.0. The van der Waals surface area contributed by atoms with Crippen LogP contribution >= 0.6 is 0 Å². The maximum absolute atomic E-state index is 4.67. The molecule has 0 unspecified atom stereocenters. The third-order valence-corrected chi connectivity index (χ3v) is 30.9. The lowest BCUT2D eigenvalue weighted by Gasteiger charge is -2.17. The van der Waals surface area contributed by atoms with Crippen LogP contribution in [0.2, 0.25) is 0 Å². The highest BCUT2D eigenvalue weighted by Gasteiger charge is 2.26. The summed E-state index contributed by atoms with van der Waals surface area (Å²) in [6, 6.07) is 172. The molecule has 676 valence electrons. The molecule has 0 aliphatic carbocycles. The van der Waals surface area contributed by atoms with Crippen LogP contribution in [0.3, 0.4) is 0 Å². The molecule has 0 bridgehead atoms. The van der Waals surface area contributed by atoms with Gasteiger partial charge in [0.1, 0.15) is 0 Å². The Bertz CT molecular complexity index is 10200. The molecule has 0 radical (unpaired) electrons. The van der Waals surface area contributed by atoms with Gasteiger partial charge in [-0.15, -0.1) is 0 Å². The van der Waals surface area contributed by atoms with Crippen LogP contribution in [0.4, 0.5) is 0 Å². The average molecular weight is 1850 g/mol. The molecule has 8 heterocycles. The maximum Gasteiger partial charge on any atom is 0.0708 e. The lowest BCUT2D eigenvalue weighted by atomic mass is 9.88. The first kappa shape index (κ1) is 82.4. The van der Waals surface area contributed by atoms with E-state index in [0.29, 0.717) is 0 Å². The van der Waals surface area contributed by atoms with E-state index in [1.807, 2.05) is 55.4 Å². The van der Waals surface area contributed by atoms with E-state index in [0.717, 1.165) is 17.0 Å². The van der Waals surface area contributed by atoms with Crippen molar-refractivity contribution < 1.29 is 0 Å². The number of para-hydroxylation sites is 8. The molecule has 0 N–H and O–H groups in total. The van der Waals surface area contributed by atoms with Crippen LogP contribution < -0.4 is 0 Å². The monoisotopic (exact) mass is 1850 g/mol. The first-order valence-corrected chi connectivity index (χ1v) is 50.0. The van der Waals surface area contributed by atoms with E-state index in [2.05, 4.69) is 493 Å². The zero-order chi connectivity index (χ0) is 95.7. The summed E-state index contributed by atoms with van der Waals surface area (Å²) < 4.78 is 9.68. The van der Waals surface area contributed by atoms with E-state index < -0.39 is 0 Å². The predicted molar refractivity (Wildman–Crippen MR) is 616 cm³/mol. The minimum atomic E-state index is 1.00. The van der Waals surface area contributed by atoms with Crippen molar-refractivity contribution in [3.8, 4) is 78.6 Å². The summed E-state index contributed by atoms with van der Waals surface area (Å²) in [6.45, 7) is 0. The van der Waals surface area contributed by atoms with Crippen molar-refractivity contribution in [3.05, 3.63) is 510 Å². The molecule has 0 aliphatic heterocycles. The van der Waals surface area contributed by atoms with Crippen LogP contribution in [0.1, 0.15) is 0 Å². The van der Waals surface area contributed by atoms with E-state index in [1.54, 1.807) is 0 Å². The van der Waals surface area contributed by atoms with Gasteiger partial charge in [-0.05, 0) is 262 Å². The third kappa shape index (κ3) is 12.7. The van der Waals surface area contributed by atoms with E-state index in [-0.39, 0.29) is 0 Å². The van der Waals surface area contributed by atoms with Gasteiger partial charge in [-0.1, -0.05) is 352 Å². The number of benzene rings is 25. The minimum Gasteiger partial charge on any atom is -0.309 e. The summed E-state index contributed by atoms with van der Waals surface area (Å²) in [7, 11) is 0. The summed E-state index contributed by atoms with van der Waals surface area (Å²) in [6.07, 6.45) is 11.3. The number of pyridine rings is 4. The van der Waals surface area contributed by atoms with Crippen molar-refractivity contribution in [2.75, 3.05) is 0 Å². The van der Waals surface area contributed by atoms with Gasteiger partial charge in [0.15, 0.2) is 0 Å². The van der Waals surface area contributed by atoms with Crippen LogP contribution in [0.5, 0.6) is 0 Å². The summed E-state index contributed by atoms with van der Waals surface area (Å²) in [5.41, 5.74) is 26.3. The number of rotatable bonds is 9. The van der Waals surface area contributed by atoms with Crippen LogP contribution in [0.15, 0.2) is 510 Å². The number of aromatic nitrogens is 8. The maximum atomic E-state index is 4.67. The van der Waals surface area contributed by atoms with Crippen LogP contribution in [0.25, 0.3) is 295 Å². The molecule has 0 saturated heterocycles. The first-order valence-electron chi connectivity index (χ1n) is 50.0. The first-order chi connectivity index (χ1) is 72.5. The Morgan fingerprint density at radius 2 is 0.418 bits per heavy atom. The van der Waals surface area contributed by atoms with E-state index >= 15 is 0 Å². The highest BCUT2D eigenvalue weighted by Crippen LogP contribution is 2.51. The van der Waals surface area contributed by atoms with Gasteiger partial charge in [0, 0.05) is 119 Å². The van der Waals surface area contributed by atoms with Crippen molar-refractivity contribution in [2.24, 2.45) is 0 Å². The minimum absolute atomic E-state index is 1.00. The second-order valence-electron chi connectivity index (χ2n) is 38.4. The van der Waals surface area contributed by atoms with Crippen molar-refractivity contribution in [1.29, 1.82) is 0 Å². The lowest BCUT2D eigenvalue weighted by molar-refractivity contribution is 1.18. The molecule has 33 aromatic rings. The second-order valence-corrected chi connectivity index (χ2v) is 38.4. The molecule has 33 rings (SSSR count). The summed E-state index contributed by atoms with van der Waals surface area (Å²) >= 11 is 0. The zero-order valence-corrected chi connectivity index (χ0v) is 79.1. The Labute approximate surface area is 837 Å².